The molecule has 0 aliphatic carbocycles. The minimum Gasteiger partial charge on any atom is -0.490 e. The van der Waals surface area contributed by atoms with Crippen LogP contribution < -0.4 is 14.8 Å². The SMILES string of the molecule is CCOc1cc(/C=C(\C#N)C(=O)Nc2cccc([N+](=O)[O-])c2)cc(I)c1OCc1ccc(F)cc1. The molecule has 3 aromatic carbocycles. The highest BCUT2D eigenvalue weighted by atomic mass is 127. The maximum absolute atomic E-state index is 13.1. The Labute approximate surface area is 214 Å². The number of nitriles is 1. The van der Waals surface area contributed by atoms with Crippen LogP contribution >= 0.6 is 22.6 Å². The van der Waals surface area contributed by atoms with Gasteiger partial charge in [-0.05, 0) is 77.0 Å². The zero-order valence-corrected chi connectivity index (χ0v) is 20.6. The summed E-state index contributed by atoms with van der Waals surface area (Å²) in [6, 6.07) is 16.6. The van der Waals surface area contributed by atoms with Gasteiger partial charge in [-0.3, -0.25) is 14.9 Å². The summed E-state index contributed by atoms with van der Waals surface area (Å²) in [6.45, 7) is 2.36. The average Bonchev–Trinajstić information content (AvgIpc) is 2.83. The lowest BCUT2D eigenvalue weighted by Gasteiger charge is -2.15. The second-order valence-electron chi connectivity index (χ2n) is 7.11. The van der Waals surface area contributed by atoms with E-state index in [1.807, 2.05) is 13.0 Å². The smallest absolute Gasteiger partial charge is 0.271 e. The lowest BCUT2D eigenvalue weighted by atomic mass is 10.1. The van der Waals surface area contributed by atoms with Crippen LogP contribution in [0.1, 0.15) is 18.1 Å². The van der Waals surface area contributed by atoms with Crippen LogP contribution in [0.2, 0.25) is 0 Å². The molecule has 178 valence electrons. The molecule has 0 saturated carbocycles. The van der Waals surface area contributed by atoms with Crippen LogP contribution in [0.15, 0.2) is 66.2 Å². The largest absolute Gasteiger partial charge is 0.490 e. The molecule has 0 saturated heterocycles. The minimum atomic E-state index is -0.711. The number of nitrogens with one attached hydrogen (secondary N) is 1. The van der Waals surface area contributed by atoms with Gasteiger partial charge in [0, 0.05) is 17.8 Å². The van der Waals surface area contributed by atoms with Crippen LogP contribution in [0, 0.1) is 30.8 Å². The highest BCUT2D eigenvalue weighted by Crippen LogP contribution is 2.35. The lowest BCUT2D eigenvalue weighted by Crippen LogP contribution is -2.13. The highest BCUT2D eigenvalue weighted by Gasteiger charge is 2.16. The molecule has 1 amide bonds. The molecule has 8 nitrogen and oxygen atoms in total. The molecular weight excluding hydrogens is 568 g/mol. The van der Waals surface area contributed by atoms with Gasteiger partial charge >= 0.3 is 0 Å². The van der Waals surface area contributed by atoms with Crippen LogP contribution in [-0.2, 0) is 11.4 Å². The van der Waals surface area contributed by atoms with Gasteiger partial charge < -0.3 is 14.8 Å². The number of non-ortho nitro benzene ring substituents is 1. The van der Waals surface area contributed by atoms with E-state index >= 15 is 0 Å². The summed E-state index contributed by atoms with van der Waals surface area (Å²) in [4.78, 5) is 23.0. The van der Waals surface area contributed by atoms with Crippen molar-refractivity contribution in [2.24, 2.45) is 0 Å². The maximum atomic E-state index is 13.1. The molecule has 3 aromatic rings. The molecule has 0 spiro atoms. The summed E-state index contributed by atoms with van der Waals surface area (Å²) >= 11 is 2.06. The van der Waals surface area contributed by atoms with E-state index < -0.39 is 10.8 Å². The predicted molar refractivity (Wildman–Crippen MR) is 136 cm³/mol. The third kappa shape index (κ3) is 7.00. The van der Waals surface area contributed by atoms with Crippen molar-refractivity contribution in [3.63, 3.8) is 0 Å². The number of amides is 1. The summed E-state index contributed by atoms with van der Waals surface area (Å²) < 4.78 is 25.4. The first-order chi connectivity index (χ1) is 16.8. The maximum Gasteiger partial charge on any atom is 0.271 e. The van der Waals surface area contributed by atoms with E-state index in [1.165, 1.54) is 42.5 Å². The fourth-order valence-electron chi connectivity index (χ4n) is 3.02. The van der Waals surface area contributed by atoms with E-state index in [1.54, 1.807) is 24.3 Å². The van der Waals surface area contributed by atoms with Crippen LogP contribution in [0.25, 0.3) is 6.08 Å². The van der Waals surface area contributed by atoms with E-state index in [4.69, 9.17) is 9.47 Å². The molecule has 35 heavy (non-hydrogen) atoms. The Hall–Kier alpha value is -3.98. The fourth-order valence-corrected chi connectivity index (χ4v) is 3.80. The number of nitrogens with zero attached hydrogens (tertiary/aromatic N) is 2. The molecule has 1 N–H and O–H groups in total. The molecule has 0 aliphatic heterocycles. The van der Waals surface area contributed by atoms with E-state index in [2.05, 4.69) is 27.9 Å². The topological polar surface area (TPSA) is 114 Å². The number of halogens is 2. The molecule has 0 atom stereocenters. The van der Waals surface area contributed by atoms with Gasteiger partial charge in [-0.1, -0.05) is 18.2 Å². The monoisotopic (exact) mass is 587 g/mol. The third-order valence-corrected chi connectivity index (χ3v) is 5.42. The van der Waals surface area contributed by atoms with Crippen LogP contribution in [0.4, 0.5) is 15.8 Å². The number of rotatable bonds is 9. The zero-order chi connectivity index (χ0) is 25.4. The third-order valence-electron chi connectivity index (χ3n) is 4.62. The number of nitro benzene ring substituents is 1. The molecule has 0 unspecified atom stereocenters. The number of hydrogen-bond acceptors (Lipinski definition) is 6. The van der Waals surface area contributed by atoms with Crippen molar-refractivity contribution in [3.05, 3.63) is 96.9 Å². The molecule has 0 fully saturated rings. The molecular formula is C25H19FIN3O5. The Morgan fingerprint density at radius 2 is 1.94 bits per heavy atom. The van der Waals surface area contributed by atoms with Gasteiger partial charge in [0.2, 0.25) is 0 Å². The Morgan fingerprint density at radius 1 is 1.20 bits per heavy atom. The van der Waals surface area contributed by atoms with Crippen molar-refractivity contribution in [2.75, 3.05) is 11.9 Å². The highest BCUT2D eigenvalue weighted by molar-refractivity contribution is 14.1. The van der Waals surface area contributed by atoms with E-state index in [0.717, 1.165) is 5.56 Å². The number of carbonyl (C=O) groups excluding carboxylic acids is 1. The van der Waals surface area contributed by atoms with Crippen molar-refractivity contribution >= 4 is 45.9 Å². The average molecular weight is 587 g/mol. The quantitative estimate of drug-likeness (QED) is 0.110. The summed E-state index contributed by atoms with van der Waals surface area (Å²) in [7, 11) is 0. The van der Waals surface area contributed by atoms with Gasteiger partial charge in [-0.2, -0.15) is 5.26 Å². The van der Waals surface area contributed by atoms with Crippen molar-refractivity contribution in [3.8, 4) is 17.6 Å². The molecule has 3 rings (SSSR count). The normalized spacial score (nSPS) is 10.9. The minimum absolute atomic E-state index is 0.183. The van der Waals surface area contributed by atoms with Crippen LogP contribution in [0.3, 0.4) is 0 Å². The summed E-state index contributed by atoms with van der Waals surface area (Å²) in [5.74, 6) is -0.146. The van der Waals surface area contributed by atoms with Gasteiger partial charge in [0.15, 0.2) is 11.5 Å². The molecule has 0 aromatic heterocycles. The second kappa shape index (κ2) is 11.9. The van der Waals surface area contributed by atoms with Gasteiger partial charge in [0.1, 0.15) is 24.1 Å². The predicted octanol–water partition coefficient (Wildman–Crippen LogP) is 5.86. The number of ether oxygens (including phenoxy) is 2. The number of nitro groups is 1. The number of anilines is 1. The van der Waals surface area contributed by atoms with Crippen LogP contribution in [-0.4, -0.2) is 17.4 Å². The molecule has 0 bridgehead atoms. The summed E-state index contributed by atoms with van der Waals surface area (Å²) in [5.41, 5.74) is 1.11. The standard InChI is InChI=1S/C25H19FIN3O5/c1-2-34-23-12-17(11-22(27)24(23)35-15-16-6-8-19(26)9-7-16)10-18(14-28)25(31)29-20-4-3-5-21(13-20)30(32)33/h3-13H,2,15H2,1H3,(H,29,31)/b18-10+. The zero-order valence-electron chi connectivity index (χ0n) is 18.5. The van der Waals surface area contributed by atoms with Crippen molar-refractivity contribution < 1.29 is 23.6 Å². The van der Waals surface area contributed by atoms with Gasteiger partial charge in [0.25, 0.3) is 11.6 Å². The van der Waals surface area contributed by atoms with Crippen LogP contribution in [0.5, 0.6) is 11.5 Å². The Morgan fingerprint density at radius 3 is 2.60 bits per heavy atom. The Balaban J connectivity index is 1.84. The number of carbonyl (C=O) groups is 1. The Kier molecular flexibility index (Phi) is 8.74. The van der Waals surface area contributed by atoms with Gasteiger partial charge in [-0.15, -0.1) is 0 Å². The molecule has 0 aliphatic rings. The van der Waals surface area contributed by atoms with Crippen molar-refractivity contribution in [2.45, 2.75) is 13.5 Å². The second-order valence-corrected chi connectivity index (χ2v) is 8.27. The lowest BCUT2D eigenvalue weighted by molar-refractivity contribution is -0.384. The first kappa shape index (κ1) is 25.6. The fraction of sp³-hybridized carbons (Fsp3) is 0.120. The molecule has 0 heterocycles. The summed E-state index contributed by atoms with van der Waals surface area (Å²) in [5, 5.41) is 23.0. The number of benzene rings is 3. The van der Waals surface area contributed by atoms with Crippen molar-refractivity contribution in [1.29, 1.82) is 5.26 Å². The molecule has 10 heteroatoms. The van der Waals surface area contributed by atoms with Gasteiger partial charge in [-0.25, -0.2) is 4.39 Å². The first-order valence-electron chi connectivity index (χ1n) is 10.3. The van der Waals surface area contributed by atoms with E-state index in [0.29, 0.717) is 27.2 Å². The molecule has 0 radical (unpaired) electrons. The summed E-state index contributed by atoms with van der Waals surface area (Å²) in [6.07, 6.45) is 1.39. The van der Waals surface area contributed by atoms with E-state index in [9.17, 15) is 24.6 Å². The Bertz CT molecular complexity index is 1320. The van der Waals surface area contributed by atoms with E-state index in [-0.39, 0.29) is 29.4 Å². The van der Waals surface area contributed by atoms with Gasteiger partial charge in [0.05, 0.1) is 15.1 Å². The van der Waals surface area contributed by atoms with Crippen molar-refractivity contribution in [1.82, 2.24) is 0 Å². The number of hydrogen-bond donors (Lipinski definition) is 1. The first-order valence-corrected chi connectivity index (χ1v) is 11.4.